The molecule has 0 aliphatic rings. The number of rotatable bonds is 5. The van der Waals surface area contributed by atoms with Crippen LogP contribution in [0.3, 0.4) is 0 Å². The van der Waals surface area contributed by atoms with Crippen LogP contribution < -0.4 is 4.90 Å². The fourth-order valence-corrected chi connectivity index (χ4v) is 8.15. The third kappa shape index (κ3) is 4.25. The van der Waals surface area contributed by atoms with E-state index in [1.54, 1.807) is 0 Å². The van der Waals surface area contributed by atoms with Gasteiger partial charge in [0.1, 0.15) is 11.2 Å². The molecule has 0 spiro atoms. The third-order valence-corrected chi connectivity index (χ3v) is 10.5. The smallest absolute Gasteiger partial charge is 0.136 e. The van der Waals surface area contributed by atoms with Gasteiger partial charge in [0.25, 0.3) is 0 Å². The maximum absolute atomic E-state index is 6.23. The molecule has 11 rings (SSSR count). The standard InChI is InChI=1S/C48H30N2O/c1-2-9-31(10-3-1)32-17-22-35(23-18-32)49(36-24-19-33(20-25-36)34-21-27-41-40-12-5-7-16-46(40)51-47(41)29-34)37-26-28-39-43-14-8-13-42-38-11-4-6-15-44(38)50(48(42)43)45(39)30-37/h1-30H. The number of benzene rings is 8. The molecular weight excluding hydrogens is 621 g/mol. The highest BCUT2D eigenvalue weighted by Crippen LogP contribution is 2.43. The molecule has 3 heterocycles. The molecule has 0 aliphatic carbocycles. The molecule has 0 radical (unpaired) electrons. The summed E-state index contributed by atoms with van der Waals surface area (Å²) in [5.41, 5.74) is 13.5. The van der Waals surface area contributed by atoms with E-state index in [1.165, 1.54) is 49.2 Å². The molecular formula is C48H30N2O. The zero-order valence-electron chi connectivity index (χ0n) is 27.6. The van der Waals surface area contributed by atoms with Crippen molar-refractivity contribution in [2.24, 2.45) is 0 Å². The summed E-state index contributed by atoms with van der Waals surface area (Å²) in [6.07, 6.45) is 0. The molecule has 11 aromatic rings. The molecule has 238 valence electrons. The Morgan fingerprint density at radius 1 is 0.333 bits per heavy atom. The van der Waals surface area contributed by atoms with Crippen molar-refractivity contribution in [1.82, 2.24) is 4.40 Å². The normalized spacial score (nSPS) is 11.9. The van der Waals surface area contributed by atoms with Crippen LogP contribution in [0.1, 0.15) is 0 Å². The minimum atomic E-state index is 0.906. The Morgan fingerprint density at radius 2 is 0.863 bits per heavy atom. The highest BCUT2D eigenvalue weighted by molar-refractivity contribution is 6.23. The molecule has 3 heteroatoms. The van der Waals surface area contributed by atoms with Crippen LogP contribution in [0.15, 0.2) is 186 Å². The van der Waals surface area contributed by atoms with Gasteiger partial charge < -0.3 is 13.7 Å². The Bertz CT molecular complexity index is 3060. The van der Waals surface area contributed by atoms with Crippen molar-refractivity contribution in [1.29, 1.82) is 0 Å². The quantitative estimate of drug-likeness (QED) is 0.185. The van der Waals surface area contributed by atoms with Gasteiger partial charge in [-0.15, -0.1) is 0 Å². The van der Waals surface area contributed by atoms with Crippen LogP contribution in [0.5, 0.6) is 0 Å². The number of furan rings is 1. The first kappa shape index (κ1) is 28.0. The summed E-state index contributed by atoms with van der Waals surface area (Å²) in [7, 11) is 0. The van der Waals surface area contributed by atoms with Gasteiger partial charge in [0.2, 0.25) is 0 Å². The van der Waals surface area contributed by atoms with E-state index in [-0.39, 0.29) is 0 Å². The first-order valence-electron chi connectivity index (χ1n) is 17.4. The molecule has 0 fully saturated rings. The number of aromatic nitrogens is 1. The molecule has 3 nitrogen and oxygen atoms in total. The van der Waals surface area contributed by atoms with Gasteiger partial charge in [-0.05, 0) is 82.9 Å². The third-order valence-electron chi connectivity index (χ3n) is 10.5. The van der Waals surface area contributed by atoms with E-state index in [2.05, 4.69) is 179 Å². The van der Waals surface area contributed by atoms with E-state index in [4.69, 9.17) is 4.42 Å². The zero-order chi connectivity index (χ0) is 33.5. The molecule has 8 aromatic carbocycles. The second kappa shape index (κ2) is 10.8. The van der Waals surface area contributed by atoms with Gasteiger partial charge in [0.15, 0.2) is 0 Å². The predicted molar refractivity (Wildman–Crippen MR) is 214 cm³/mol. The summed E-state index contributed by atoms with van der Waals surface area (Å²) < 4.78 is 8.68. The van der Waals surface area contributed by atoms with E-state index in [0.29, 0.717) is 0 Å². The number of hydrogen-bond acceptors (Lipinski definition) is 2. The van der Waals surface area contributed by atoms with Crippen LogP contribution in [-0.4, -0.2) is 4.40 Å². The van der Waals surface area contributed by atoms with Crippen LogP contribution >= 0.6 is 0 Å². The molecule has 3 aromatic heterocycles. The largest absolute Gasteiger partial charge is 0.456 e. The van der Waals surface area contributed by atoms with Crippen molar-refractivity contribution < 1.29 is 4.42 Å². The summed E-state index contributed by atoms with van der Waals surface area (Å²) in [4.78, 5) is 2.37. The average molecular weight is 651 g/mol. The fraction of sp³-hybridized carbons (Fsp3) is 0. The summed E-state index contributed by atoms with van der Waals surface area (Å²) in [5, 5.41) is 7.42. The second-order valence-corrected chi connectivity index (χ2v) is 13.4. The van der Waals surface area contributed by atoms with Crippen molar-refractivity contribution in [3.8, 4) is 22.3 Å². The molecule has 0 saturated carbocycles. The molecule has 0 bridgehead atoms. The number of nitrogens with zero attached hydrogens (tertiary/aromatic N) is 2. The maximum atomic E-state index is 6.23. The van der Waals surface area contributed by atoms with Crippen molar-refractivity contribution in [3.05, 3.63) is 182 Å². The Balaban J connectivity index is 1.07. The zero-order valence-corrected chi connectivity index (χ0v) is 27.6. The van der Waals surface area contributed by atoms with E-state index < -0.39 is 0 Å². The van der Waals surface area contributed by atoms with E-state index in [1.807, 2.05) is 12.1 Å². The van der Waals surface area contributed by atoms with Crippen molar-refractivity contribution >= 4 is 77.1 Å². The Kier molecular flexibility index (Phi) is 5.96. The highest BCUT2D eigenvalue weighted by Gasteiger charge is 2.20. The lowest BCUT2D eigenvalue weighted by molar-refractivity contribution is 0.669. The Hall–Kier alpha value is -6.84. The first-order chi connectivity index (χ1) is 25.3. The van der Waals surface area contributed by atoms with Crippen LogP contribution in [0, 0.1) is 0 Å². The van der Waals surface area contributed by atoms with E-state index >= 15 is 0 Å². The average Bonchev–Trinajstić information content (AvgIpc) is 3.86. The minimum absolute atomic E-state index is 0.906. The van der Waals surface area contributed by atoms with E-state index in [9.17, 15) is 0 Å². The van der Waals surface area contributed by atoms with Gasteiger partial charge in [-0.25, -0.2) is 0 Å². The van der Waals surface area contributed by atoms with Gasteiger partial charge in [-0.3, -0.25) is 0 Å². The van der Waals surface area contributed by atoms with Crippen LogP contribution in [0.4, 0.5) is 17.1 Å². The molecule has 51 heavy (non-hydrogen) atoms. The second-order valence-electron chi connectivity index (χ2n) is 13.4. The maximum Gasteiger partial charge on any atom is 0.136 e. The highest BCUT2D eigenvalue weighted by atomic mass is 16.3. The Labute approximate surface area is 294 Å². The molecule has 0 unspecified atom stereocenters. The lowest BCUT2D eigenvalue weighted by Crippen LogP contribution is -2.10. The first-order valence-corrected chi connectivity index (χ1v) is 17.4. The summed E-state index contributed by atoms with van der Waals surface area (Å²) in [5.74, 6) is 0. The van der Waals surface area contributed by atoms with Gasteiger partial charge in [-0.1, -0.05) is 121 Å². The van der Waals surface area contributed by atoms with Gasteiger partial charge >= 0.3 is 0 Å². The van der Waals surface area contributed by atoms with Crippen molar-refractivity contribution in [2.75, 3.05) is 4.90 Å². The summed E-state index contributed by atoms with van der Waals surface area (Å²) >= 11 is 0. The van der Waals surface area contributed by atoms with Crippen LogP contribution in [0.25, 0.3) is 82.3 Å². The molecule has 0 N–H and O–H groups in total. The fourth-order valence-electron chi connectivity index (χ4n) is 8.15. The SMILES string of the molecule is c1ccc(-c2ccc(N(c3ccc(-c4ccc5c(c4)oc4ccccc45)cc3)c3ccc4c5cccc6c7ccccc7n(c4c3)c65)cc2)cc1. The number of anilines is 3. The van der Waals surface area contributed by atoms with E-state index in [0.717, 1.165) is 50.1 Å². The van der Waals surface area contributed by atoms with Gasteiger partial charge in [-0.2, -0.15) is 0 Å². The van der Waals surface area contributed by atoms with Crippen molar-refractivity contribution in [3.63, 3.8) is 0 Å². The lowest BCUT2D eigenvalue weighted by Gasteiger charge is -2.26. The van der Waals surface area contributed by atoms with Crippen molar-refractivity contribution in [2.45, 2.75) is 0 Å². The van der Waals surface area contributed by atoms with Gasteiger partial charge in [0, 0.05) is 49.4 Å². The number of fused-ring (bicyclic) bond motifs is 9. The molecule has 0 atom stereocenters. The Morgan fingerprint density at radius 3 is 1.63 bits per heavy atom. The summed E-state index contributed by atoms with van der Waals surface area (Å²) in [6.45, 7) is 0. The monoisotopic (exact) mass is 650 g/mol. The summed E-state index contributed by atoms with van der Waals surface area (Å²) in [6, 6.07) is 65.5. The predicted octanol–water partition coefficient (Wildman–Crippen LogP) is 13.5. The molecule has 0 amide bonds. The number of hydrogen-bond donors (Lipinski definition) is 0. The molecule has 0 saturated heterocycles. The topological polar surface area (TPSA) is 20.8 Å². The van der Waals surface area contributed by atoms with Crippen LogP contribution in [-0.2, 0) is 0 Å². The molecule has 0 aliphatic heterocycles. The van der Waals surface area contributed by atoms with Gasteiger partial charge in [0.05, 0.1) is 16.6 Å². The lowest BCUT2D eigenvalue weighted by atomic mass is 10.0. The minimum Gasteiger partial charge on any atom is -0.456 e. The number of para-hydroxylation sites is 3. The van der Waals surface area contributed by atoms with Crippen LogP contribution in [0.2, 0.25) is 0 Å².